The third kappa shape index (κ3) is 2.62. The van der Waals surface area contributed by atoms with Crippen LogP contribution in [0.15, 0.2) is 52.8 Å². The van der Waals surface area contributed by atoms with E-state index in [0.717, 1.165) is 26.6 Å². The Labute approximate surface area is 142 Å². The summed E-state index contributed by atoms with van der Waals surface area (Å²) in [6.45, 7) is 2.15. The van der Waals surface area contributed by atoms with Crippen LogP contribution in [0.5, 0.6) is 0 Å². The number of aliphatic imine (C=N–C) groups is 1. The summed E-state index contributed by atoms with van der Waals surface area (Å²) in [6, 6.07) is 14.5. The number of carbonyl (C=O) groups excluding carboxylic acids is 1. The van der Waals surface area contributed by atoms with Crippen LogP contribution in [0.1, 0.15) is 33.8 Å². The van der Waals surface area contributed by atoms with Gasteiger partial charge in [0, 0.05) is 27.1 Å². The monoisotopic (exact) mass is 338 g/mol. The summed E-state index contributed by atoms with van der Waals surface area (Å²) in [6.07, 6.45) is 1.65. The third-order valence-corrected chi connectivity index (χ3v) is 5.93. The molecule has 3 aromatic rings. The van der Waals surface area contributed by atoms with Gasteiger partial charge in [-0.25, -0.2) is 4.99 Å². The van der Waals surface area contributed by atoms with Crippen LogP contribution in [0.2, 0.25) is 0 Å². The first-order valence-electron chi connectivity index (χ1n) is 7.34. The summed E-state index contributed by atoms with van der Waals surface area (Å²) in [7, 11) is 0. The highest BCUT2D eigenvalue weighted by molar-refractivity contribution is 7.15. The van der Waals surface area contributed by atoms with Gasteiger partial charge in [0.15, 0.2) is 0 Å². The Morgan fingerprint density at radius 2 is 2.04 bits per heavy atom. The largest absolute Gasteiger partial charge is 0.370 e. The van der Waals surface area contributed by atoms with Crippen molar-refractivity contribution >= 4 is 39.8 Å². The summed E-state index contributed by atoms with van der Waals surface area (Å²) in [5.74, 6) is -0.143. The van der Waals surface area contributed by atoms with Crippen molar-refractivity contribution in [3.8, 4) is 10.4 Å². The highest BCUT2D eigenvalue weighted by Gasteiger charge is 2.21. The first kappa shape index (κ1) is 14.4. The zero-order valence-electron chi connectivity index (χ0n) is 12.4. The average Bonchev–Trinajstić information content (AvgIpc) is 3.28. The molecule has 1 N–H and O–H groups in total. The van der Waals surface area contributed by atoms with E-state index in [4.69, 9.17) is 0 Å². The van der Waals surface area contributed by atoms with Gasteiger partial charge in [-0.2, -0.15) is 0 Å². The van der Waals surface area contributed by atoms with Gasteiger partial charge in [0.05, 0.1) is 16.6 Å². The van der Waals surface area contributed by atoms with E-state index >= 15 is 0 Å². The number of fused-ring (bicyclic) bond motifs is 1. The van der Waals surface area contributed by atoms with Gasteiger partial charge in [-0.05, 0) is 36.6 Å². The SMILES string of the molecule is CC(Nc1cccs1)c1ccc(-c2cccc3c2C(=O)N=C3)s1. The van der Waals surface area contributed by atoms with Gasteiger partial charge in [-0.15, -0.1) is 22.7 Å². The fourth-order valence-corrected chi connectivity index (χ4v) is 4.44. The molecule has 0 radical (unpaired) electrons. The molecular weight excluding hydrogens is 324 g/mol. The summed E-state index contributed by atoms with van der Waals surface area (Å²) >= 11 is 3.42. The molecule has 1 amide bonds. The Balaban J connectivity index is 1.64. The van der Waals surface area contributed by atoms with Gasteiger partial charge in [-0.3, -0.25) is 4.79 Å². The lowest BCUT2D eigenvalue weighted by molar-refractivity contribution is 0.101. The molecule has 23 heavy (non-hydrogen) atoms. The summed E-state index contributed by atoms with van der Waals surface area (Å²) in [5.41, 5.74) is 2.61. The Kier molecular flexibility index (Phi) is 3.59. The fraction of sp³-hybridized carbons (Fsp3) is 0.111. The minimum absolute atomic E-state index is 0.143. The van der Waals surface area contributed by atoms with Crippen molar-refractivity contribution in [3.05, 3.63) is 63.8 Å². The van der Waals surface area contributed by atoms with E-state index in [1.807, 2.05) is 24.3 Å². The maximum atomic E-state index is 12.0. The molecule has 1 unspecified atom stereocenters. The van der Waals surface area contributed by atoms with Crippen LogP contribution in [0.25, 0.3) is 10.4 Å². The normalized spacial score (nSPS) is 14.0. The minimum Gasteiger partial charge on any atom is -0.370 e. The van der Waals surface area contributed by atoms with Crippen LogP contribution in [-0.4, -0.2) is 12.1 Å². The molecule has 5 heteroatoms. The van der Waals surface area contributed by atoms with Gasteiger partial charge < -0.3 is 5.32 Å². The van der Waals surface area contributed by atoms with E-state index in [-0.39, 0.29) is 11.9 Å². The lowest BCUT2D eigenvalue weighted by Crippen LogP contribution is -2.02. The minimum atomic E-state index is -0.143. The van der Waals surface area contributed by atoms with Crippen LogP contribution >= 0.6 is 22.7 Å². The zero-order valence-corrected chi connectivity index (χ0v) is 14.1. The Bertz CT molecular complexity index is 894. The van der Waals surface area contributed by atoms with E-state index in [9.17, 15) is 4.79 Å². The van der Waals surface area contributed by atoms with Crippen molar-refractivity contribution < 1.29 is 4.79 Å². The van der Waals surface area contributed by atoms with Crippen molar-refractivity contribution in [1.82, 2.24) is 0 Å². The Hall–Kier alpha value is -2.24. The molecule has 0 fully saturated rings. The molecule has 0 aliphatic carbocycles. The predicted octanol–water partition coefficient (Wildman–Crippen LogP) is 5.22. The van der Waals surface area contributed by atoms with Crippen molar-refractivity contribution in [2.75, 3.05) is 5.32 Å². The second-order valence-corrected chi connectivity index (χ2v) is 7.44. The number of hydrogen-bond acceptors (Lipinski definition) is 4. The van der Waals surface area contributed by atoms with Crippen molar-refractivity contribution in [2.24, 2.45) is 4.99 Å². The van der Waals surface area contributed by atoms with Gasteiger partial charge >= 0.3 is 0 Å². The number of rotatable bonds is 4. The summed E-state index contributed by atoms with van der Waals surface area (Å²) < 4.78 is 0. The molecule has 0 saturated heterocycles. The molecule has 1 atom stereocenters. The van der Waals surface area contributed by atoms with Crippen LogP contribution in [0.4, 0.5) is 5.00 Å². The molecule has 0 saturated carbocycles. The topological polar surface area (TPSA) is 41.5 Å². The van der Waals surface area contributed by atoms with E-state index in [0.29, 0.717) is 0 Å². The van der Waals surface area contributed by atoms with Gasteiger partial charge in [-0.1, -0.05) is 18.2 Å². The van der Waals surface area contributed by atoms with Gasteiger partial charge in [0.2, 0.25) is 0 Å². The molecule has 4 rings (SSSR count). The predicted molar refractivity (Wildman–Crippen MR) is 98.0 cm³/mol. The maximum absolute atomic E-state index is 12.0. The number of anilines is 1. The van der Waals surface area contributed by atoms with Crippen molar-refractivity contribution in [1.29, 1.82) is 0 Å². The zero-order chi connectivity index (χ0) is 15.8. The molecular formula is C18H14N2OS2. The number of amides is 1. The van der Waals surface area contributed by atoms with E-state index in [1.54, 1.807) is 28.9 Å². The van der Waals surface area contributed by atoms with Crippen LogP contribution in [0, 0.1) is 0 Å². The van der Waals surface area contributed by atoms with E-state index in [1.165, 1.54) is 4.88 Å². The van der Waals surface area contributed by atoms with Gasteiger partial charge in [0.1, 0.15) is 0 Å². The second kappa shape index (κ2) is 5.76. The molecule has 1 aromatic carbocycles. The average molecular weight is 338 g/mol. The molecule has 0 spiro atoms. The van der Waals surface area contributed by atoms with Gasteiger partial charge in [0.25, 0.3) is 5.91 Å². The molecule has 0 bridgehead atoms. The number of nitrogens with zero attached hydrogens (tertiary/aromatic N) is 1. The van der Waals surface area contributed by atoms with Crippen molar-refractivity contribution in [2.45, 2.75) is 13.0 Å². The molecule has 1 aliphatic rings. The lowest BCUT2D eigenvalue weighted by Gasteiger charge is -2.11. The Morgan fingerprint density at radius 3 is 2.87 bits per heavy atom. The lowest BCUT2D eigenvalue weighted by atomic mass is 10.0. The van der Waals surface area contributed by atoms with Crippen molar-refractivity contribution in [3.63, 3.8) is 0 Å². The highest BCUT2D eigenvalue weighted by atomic mass is 32.1. The smallest absolute Gasteiger partial charge is 0.278 e. The summed E-state index contributed by atoms with van der Waals surface area (Å²) in [4.78, 5) is 18.3. The molecule has 3 nitrogen and oxygen atoms in total. The standard InChI is InChI=1S/C18H14N2OS2/c1-11(20-16-6-3-9-22-16)14-7-8-15(23-14)13-5-2-4-12-10-19-18(21)17(12)13/h2-11,20H,1H3. The first-order valence-corrected chi connectivity index (χ1v) is 9.03. The fourth-order valence-electron chi connectivity index (χ4n) is 2.69. The number of benzene rings is 1. The number of hydrogen-bond donors (Lipinski definition) is 1. The molecule has 3 heterocycles. The third-order valence-electron chi connectivity index (χ3n) is 3.83. The summed E-state index contributed by atoms with van der Waals surface area (Å²) in [5, 5.41) is 6.73. The second-order valence-electron chi connectivity index (χ2n) is 5.38. The molecule has 2 aromatic heterocycles. The van der Waals surface area contributed by atoms with E-state index < -0.39 is 0 Å². The number of carbonyl (C=O) groups is 1. The first-order chi connectivity index (χ1) is 11.2. The molecule has 114 valence electrons. The quantitative estimate of drug-likeness (QED) is 0.708. The van der Waals surface area contributed by atoms with Crippen LogP contribution < -0.4 is 5.32 Å². The number of nitrogens with one attached hydrogen (secondary N) is 1. The highest BCUT2D eigenvalue weighted by Crippen LogP contribution is 2.36. The molecule has 1 aliphatic heterocycles. The van der Waals surface area contributed by atoms with Crippen LogP contribution in [-0.2, 0) is 0 Å². The maximum Gasteiger partial charge on any atom is 0.278 e. The van der Waals surface area contributed by atoms with Crippen LogP contribution in [0.3, 0.4) is 0 Å². The number of thiophene rings is 2. The van der Waals surface area contributed by atoms with E-state index in [2.05, 4.69) is 40.8 Å². The Morgan fingerprint density at radius 1 is 1.13 bits per heavy atom.